The monoisotopic (exact) mass is 223 g/mol. The maximum Gasteiger partial charge on any atom is 0.0406 e. The van der Waals surface area contributed by atoms with Gasteiger partial charge in [-0.3, -0.25) is 0 Å². The summed E-state index contributed by atoms with van der Waals surface area (Å²) < 4.78 is 0. The van der Waals surface area contributed by atoms with Gasteiger partial charge in [0, 0.05) is 17.1 Å². The van der Waals surface area contributed by atoms with E-state index >= 15 is 0 Å². The SMILES string of the molecule is CCC1CC1NC(C)c1ccc(Cl)cc1. The van der Waals surface area contributed by atoms with Crippen LogP contribution in [-0.4, -0.2) is 6.04 Å². The zero-order chi connectivity index (χ0) is 10.8. The summed E-state index contributed by atoms with van der Waals surface area (Å²) in [4.78, 5) is 0. The van der Waals surface area contributed by atoms with Gasteiger partial charge in [-0.05, 0) is 37.0 Å². The van der Waals surface area contributed by atoms with E-state index in [1.165, 1.54) is 18.4 Å². The molecule has 3 unspecified atom stereocenters. The highest BCUT2D eigenvalue weighted by Crippen LogP contribution is 2.35. The molecule has 0 aromatic heterocycles. The van der Waals surface area contributed by atoms with Crippen LogP contribution in [0, 0.1) is 5.92 Å². The fourth-order valence-electron chi connectivity index (χ4n) is 2.07. The van der Waals surface area contributed by atoms with Crippen LogP contribution in [0.3, 0.4) is 0 Å². The molecule has 1 fully saturated rings. The summed E-state index contributed by atoms with van der Waals surface area (Å²) in [5, 5.41) is 4.46. The highest BCUT2D eigenvalue weighted by molar-refractivity contribution is 6.30. The molecule has 1 aliphatic rings. The van der Waals surface area contributed by atoms with Gasteiger partial charge in [0.1, 0.15) is 0 Å². The van der Waals surface area contributed by atoms with Crippen LogP contribution in [-0.2, 0) is 0 Å². The second-order valence-corrected chi connectivity index (χ2v) is 4.89. The Morgan fingerprint density at radius 3 is 2.60 bits per heavy atom. The van der Waals surface area contributed by atoms with Gasteiger partial charge < -0.3 is 5.32 Å². The van der Waals surface area contributed by atoms with Crippen LogP contribution in [0.25, 0.3) is 0 Å². The van der Waals surface area contributed by atoms with Crippen LogP contribution in [0.5, 0.6) is 0 Å². The van der Waals surface area contributed by atoms with E-state index in [4.69, 9.17) is 11.6 Å². The van der Waals surface area contributed by atoms with Gasteiger partial charge in [0.05, 0.1) is 0 Å². The van der Waals surface area contributed by atoms with Crippen molar-refractivity contribution in [2.45, 2.75) is 38.8 Å². The van der Waals surface area contributed by atoms with Crippen molar-refractivity contribution in [3.63, 3.8) is 0 Å². The molecule has 2 rings (SSSR count). The van der Waals surface area contributed by atoms with Gasteiger partial charge >= 0.3 is 0 Å². The molecule has 3 atom stereocenters. The first kappa shape index (κ1) is 11.0. The van der Waals surface area contributed by atoms with Crippen LogP contribution in [0.4, 0.5) is 0 Å². The number of rotatable bonds is 4. The van der Waals surface area contributed by atoms with E-state index in [-0.39, 0.29) is 0 Å². The Kier molecular flexibility index (Phi) is 3.32. The Bertz CT molecular complexity index is 320. The van der Waals surface area contributed by atoms with Gasteiger partial charge in [-0.15, -0.1) is 0 Å². The Balaban J connectivity index is 1.91. The van der Waals surface area contributed by atoms with Gasteiger partial charge in [-0.25, -0.2) is 0 Å². The summed E-state index contributed by atoms with van der Waals surface area (Å²) >= 11 is 5.86. The van der Waals surface area contributed by atoms with Gasteiger partial charge in [-0.1, -0.05) is 37.1 Å². The third kappa shape index (κ3) is 2.73. The topological polar surface area (TPSA) is 12.0 Å². The van der Waals surface area contributed by atoms with Crippen LogP contribution in [0.1, 0.15) is 38.3 Å². The molecule has 1 nitrogen and oxygen atoms in total. The largest absolute Gasteiger partial charge is 0.307 e. The van der Waals surface area contributed by atoms with E-state index in [1.807, 2.05) is 12.1 Å². The number of benzene rings is 1. The van der Waals surface area contributed by atoms with E-state index in [9.17, 15) is 0 Å². The quantitative estimate of drug-likeness (QED) is 0.819. The summed E-state index contributed by atoms with van der Waals surface area (Å²) in [6, 6.07) is 9.29. The third-order valence-electron chi connectivity index (χ3n) is 3.28. The molecule has 1 aromatic rings. The van der Waals surface area contributed by atoms with Crippen LogP contribution < -0.4 is 5.32 Å². The number of nitrogens with one attached hydrogen (secondary N) is 1. The first-order chi connectivity index (χ1) is 7.20. The molecule has 0 radical (unpaired) electrons. The molecule has 0 spiro atoms. The predicted octanol–water partition coefficient (Wildman–Crippen LogP) is 3.79. The smallest absolute Gasteiger partial charge is 0.0406 e. The minimum atomic E-state index is 0.434. The van der Waals surface area contributed by atoms with Gasteiger partial charge in [-0.2, -0.15) is 0 Å². The number of halogens is 1. The molecule has 82 valence electrons. The van der Waals surface area contributed by atoms with Crippen molar-refractivity contribution in [1.82, 2.24) is 5.32 Å². The van der Waals surface area contributed by atoms with Crippen LogP contribution >= 0.6 is 11.6 Å². The van der Waals surface area contributed by atoms with E-state index in [2.05, 4.69) is 31.3 Å². The molecule has 1 saturated carbocycles. The van der Waals surface area contributed by atoms with Crippen molar-refractivity contribution in [3.05, 3.63) is 34.9 Å². The average Bonchev–Trinajstić information content (AvgIpc) is 2.97. The molecule has 15 heavy (non-hydrogen) atoms. The normalized spacial score (nSPS) is 26.3. The van der Waals surface area contributed by atoms with Gasteiger partial charge in [0.15, 0.2) is 0 Å². The van der Waals surface area contributed by atoms with Crippen molar-refractivity contribution >= 4 is 11.6 Å². The van der Waals surface area contributed by atoms with Crippen molar-refractivity contribution < 1.29 is 0 Å². The lowest BCUT2D eigenvalue weighted by atomic mass is 10.1. The summed E-state index contributed by atoms with van der Waals surface area (Å²) in [5.41, 5.74) is 1.32. The standard InChI is InChI=1S/C13H18ClN/c1-3-10-8-13(10)15-9(2)11-4-6-12(14)7-5-11/h4-7,9-10,13,15H,3,8H2,1-2H3. The highest BCUT2D eigenvalue weighted by atomic mass is 35.5. The Labute approximate surface area is 96.8 Å². The molecule has 0 heterocycles. The minimum Gasteiger partial charge on any atom is -0.307 e. The Morgan fingerprint density at radius 2 is 2.07 bits per heavy atom. The van der Waals surface area contributed by atoms with E-state index in [1.54, 1.807) is 0 Å². The van der Waals surface area contributed by atoms with Gasteiger partial charge in [0.25, 0.3) is 0 Å². The zero-order valence-corrected chi connectivity index (χ0v) is 10.1. The Hall–Kier alpha value is -0.530. The van der Waals surface area contributed by atoms with Crippen molar-refractivity contribution in [1.29, 1.82) is 0 Å². The molecular formula is C13H18ClN. The second kappa shape index (κ2) is 4.54. The molecule has 0 bridgehead atoms. The summed E-state index contributed by atoms with van der Waals surface area (Å²) in [6.07, 6.45) is 2.64. The summed E-state index contributed by atoms with van der Waals surface area (Å²) in [6.45, 7) is 4.48. The van der Waals surface area contributed by atoms with E-state index in [0.717, 1.165) is 17.0 Å². The second-order valence-electron chi connectivity index (χ2n) is 4.45. The third-order valence-corrected chi connectivity index (χ3v) is 3.53. The average molecular weight is 224 g/mol. The lowest BCUT2D eigenvalue weighted by molar-refractivity contribution is 0.539. The summed E-state index contributed by atoms with van der Waals surface area (Å²) in [7, 11) is 0. The fraction of sp³-hybridized carbons (Fsp3) is 0.538. The van der Waals surface area contributed by atoms with E-state index < -0.39 is 0 Å². The van der Waals surface area contributed by atoms with Crippen LogP contribution in [0.2, 0.25) is 5.02 Å². The molecular weight excluding hydrogens is 206 g/mol. The molecule has 1 aromatic carbocycles. The fourth-order valence-corrected chi connectivity index (χ4v) is 2.20. The van der Waals surface area contributed by atoms with Gasteiger partial charge in [0.2, 0.25) is 0 Å². The molecule has 1 N–H and O–H groups in total. The molecule has 1 aliphatic carbocycles. The first-order valence-corrected chi connectivity index (χ1v) is 6.10. The zero-order valence-electron chi connectivity index (χ0n) is 9.33. The maximum absolute atomic E-state index is 5.86. The van der Waals surface area contributed by atoms with Crippen molar-refractivity contribution in [3.8, 4) is 0 Å². The Morgan fingerprint density at radius 1 is 1.40 bits per heavy atom. The molecule has 0 amide bonds. The van der Waals surface area contributed by atoms with Crippen molar-refractivity contribution in [2.75, 3.05) is 0 Å². The molecule has 0 aliphatic heterocycles. The van der Waals surface area contributed by atoms with Crippen molar-refractivity contribution in [2.24, 2.45) is 5.92 Å². The first-order valence-electron chi connectivity index (χ1n) is 5.72. The molecule has 0 saturated heterocycles. The number of hydrogen-bond acceptors (Lipinski definition) is 1. The minimum absolute atomic E-state index is 0.434. The highest BCUT2D eigenvalue weighted by Gasteiger charge is 2.35. The number of hydrogen-bond donors (Lipinski definition) is 1. The lowest BCUT2D eigenvalue weighted by Crippen LogP contribution is -2.22. The predicted molar refractivity (Wildman–Crippen MR) is 65.2 cm³/mol. The van der Waals surface area contributed by atoms with Crippen LogP contribution in [0.15, 0.2) is 24.3 Å². The van der Waals surface area contributed by atoms with E-state index in [0.29, 0.717) is 6.04 Å². The maximum atomic E-state index is 5.86. The molecule has 2 heteroatoms. The lowest BCUT2D eigenvalue weighted by Gasteiger charge is -2.14. The summed E-state index contributed by atoms with van der Waals surface area (Å²) in [5.74, 6) is 0.903.